The van der Waals surface area contributed by atoms with Crippen LogP contribution in [0.1, 0.15) is 27.8 Å². The first-order chi connectivity index (χ1) is 27.3. The fourth-order valence-electron chi connectivity index (χ4n) is 9.54. The Morgan fingerprint density at radius 3 is 1.71 bits per heavy atom. The molecule has 0 aliphatic carbocycles. The zero-order chi connectivity index (χ0) is 38.1. The van der Waals surface area contributed by atoms with Crippen molar-refractivity contribution in [3.05, 3.63) is 192 Å². The van der Waals surface area contributed by atoms with Gasteiger partial charge >= 0.3 is 0 Å². The van der Waals surface area contributed by atoms with Gasteiger partial charge in [0.2, 0.25) is 6.71 Å². The molecule has 3 heteroatoms. The van der Waals surface area contributed by atoms with Crippen LogP contribution in [0.4, 0.5) is 17.1 Å². The second kappa shape index (κ2) is 13.3. The average Bonchev–Trinajstić information content (AvgIpc) is 3.20. The van der Waals surface area contributed by atoms with E-state index in [1.165, 1.54) is 76.7 Å². The van der Waals surface area contributed by atoms with Gasteiger partial charge in [-0.3, -0.25) is 0 Å². The lowest BCUT2D eigenvalue weighted by Crippen LogP contribution is -2.55. The summed E-state index contributed by atoms with van der Waals surface area (Å²) in [5.74, 6) is 1.75. The summed E-state index contributed by atoms with van der Waals surface area (Å²) in [5.41, 5.74) is 16.2. The number of aryl methyl sites for hydroxylation is 5. The third-order valence-electron chi connectivity index (χ3n) is 11.8. The molecule has 0 fully saturated rings. The maximum absolute atomic E-state index is 6.91. The van der Waals surface area contributed by atoms with Crippen LogP contribution >= 0.6 is 0 Å². The molecule has 9 aromatic carbocycles. The van der Waals surface area contributed by atoms with Gasteiger partial charge in [-0.15, -0.1) is 0 Å². The van der Waals surface area contributed by atoms with Crippen LogP contribution in [0, 0.1) is 34.6 Å². The number of hydrogen-bond acceptors (Lipinski definition) is 2. The van der Waals surface area contributed by atoms with Crippen LogP contribution in [0.5, 0.6) is 11.5 Å². The number of hydrogen-bond donors (Lipinski definition) is 0. The average molecular weight is 720 g/mol. The van der Waals surface area contributed by atoms with E-state index in [0.717, 1.165) is 39.5 Å². The topological polar surface area (TPSA) is 12.5 Å². The number of nitrogens with zero attached hydrogens (tertiary/aromatic N) is 1. The van der Waals surface area contributed by atoms with Gasteiger partial charge in [0.15, 0.2) is 0 Å². The summed E-state index contributed by atoms with van der Waals surface area (Å²) in [7, 11) is 0. The molecular weight excluding hydrogens is 677 g/mol. The van der Waals surface area contributed by atoms with Crippen molar-refractivity contribution in [1.29, 1.82) is 0 Å². The van der Waals surface area contributed by atoms with E-state index in [2.05, 4.69) is 203 Å². The number of ether oxygens (including phenoxy) is 1. The highest BCUT2D eigenvalue weighted by Gasteiger charge is 2.30. The summed E-state index contributed by atoms with van der Waals surface area (Å²) in [6, 6.07) is 60.0. The minimum absolute atomic E-state index is 0.0592. The lowest BCUT2D eigenvalue weighted by atomic mass is 9.34. The number of para-hydroxylation sites is 2. The van der Waals surface area contributed by atoms with Crippen molar-refractivity contribution in [2.45, 2.75) is 34.6 Å². The predicted molar refractivity (Wildman–Crippen MR) is 240 cm³/mol. The minimum atomic E-state index is 0.0592. The van der Waals surface area contributed by atoms with E-state index in [9.17, 15) is 0 Å². The van der Waals surface area contributed by atoms with Crippen molar-refractivity contribution in [2.24, 2.45) is 0 Å². The maximum Gasteiger partial charge on any atom is 0.243 e. The van der Waals surface area contributed by atoms with Gasteiger partial charge in [0, 0.05) is 34.1 Å². The molecule has 9 aromatic rings. The molecule has 1 aliphatic heterocycles. The molecule has 268 valence electrons. The van der Waals surface area contributed by atoms with E-state index in [4.69, 9.17) is 4.74 Å². The minimum Gasteiger partial charge on any atom is -0.456 e. The molecule has 2 nitrogen and oxygen atoms in total. The highest BCUT2D eigenvalue weighted by molar-refractivity contribution is 6.97. The summed E-state index contributed by atoms with van der Waals surface area (Å²) in [5, 5.41) is 7.44. The molecular formula is C53H42BNO. The maximum atomic E-state index is 6.91. The highest BCUT2D eigenvalue weighted by atomic mass is 16.5. The van der Waals surface area contributed by atoms with Gasteiger partial charge in [-0.2, -0.15) is 0 Å². The molecule has 0 atom stereocenters. The molecule has 0 spiro atoms. The smallest absolute Gasteiger partial charge is 0.243 e. The molecule has 56 heavy (non-hydrogen) atoms. The lowest BCUT2D eigenvalue weighted by Gasteiger charge is -2.28. The second-order valence-corrected chi connectivity index (χ2v) is 15.6. The van der Waals surface area contributed by atoms with Crippen LogP contribution in [0.3, 0.4) is 0 Å². The summed E-state index contributed by atoms with van der Waals surface area (Å²) in [4.78, 5) is 2.29. The van der Waals surface area contributed by atoms with E-state index >= 15 is 0 Å². The van der Waals surface area contributed by atoms with Crippen LogP contribution in [0.15, 0.2) is 164 Å². The molecule has 0 unspecified atom stereocenters. The first kappa shape index (κ1) is 34.0. The molecule has 0 saturated carbocycles. The van der Waals surface area contributed by atoms with Crippen LogP contribution in [0.2, 0.25) is 0 Å². The van der Waals surface area contributed by atoms with Gasteiger partial charge in [-0.05, 0) is 116 Å². The molecule has 0 radical (unpaired) electrons. The molecule has 0 aromatic heterocycles. The standard InChI is InChI=1S/C53H42BNO/c1-33-23-26-48(35(3)27-33)54(53-36(4)28-34(2)29-37(53)5)49-32-46-44-21-14-22-50-52(44)47(31-45(46)41-19-12-13-20-42(41)49)43-25-24-40(30-51(43)56-50)55(38-15-8-6-9-16-38)39-17-10-7-11-18-39/h6-32H,1-5H3. The Hall–Kier alpha value is -6.58. The third kappa shape index (κ3) is 5.49. The molecule has 0 bridgehead atoms. The Morgan fingerprint density at radius 2 is 1.02 bits per heavy atom. The van der Waals surface area contributed by atoms with E-state index < -0.39 is 0 Å². The quantitative estimate of drug-likeness (QED) is 0.125. The Morgan fingerprint density at radius 1 is 0.393 bits per heavy atom. The summed E-state index contributed by atoms with van der Waals surface area (Å²) >= 11 is 0. The number of anilines is 3. The monoisotopic (exact) mass is 719 g/mol. The van der Waals surface area contributed by atoms with Crippen LogP contribution in [0.25, 0.3) is 43.4 Å². The molecule has 0 amide bonds. The predicted octanol–water partition coefficient (Wildman–Crippen LogP) is 12.4. The molecule has 0 N–H and O–H groups in total. The molecule has 1 heterocycles. The lowest BCUT2D eigenvalue weighted by molar-refractivity contribution is 0.487. The van der Waals surface area contributed by atoms with E-state index in [-0.39, 0.29) is 6.71 Å². The van der Waals surface area contributed by atoms with Gasteiger partial charge < -0.3 is 9.64 Å². The van der Waals surface area contributed by atoms with Crippen molar-refractivity contribution >= 4 is 72.5 Å². The van der Waals surface area contributed by atoms with Crippen molar-refractivity contribution in [2.75, 3.05) is 4.90 Å². The summed E-state index contributed by atoms with van der Waals surface area (Å²) in [6.45, 7) is 11.3. The van der Waals surface area contributed by atoms with Crippen molar-refractivity contribution in [3.8, 4) is 22.6 Å². The van der Waals surface area contributed by atoms with Gasteiger partial charge in [0.05, 0.1) is 0 Å². The van der Waals surface area contributed by atoms with Crippen LogP contribution < -0.4 is 26.0 Å². The number of benzene rings is 9. The number of fused-ring (bicyclic) bond motifs is 6. The second-order valence-electron chi connectivity index (χ2n) is 15.6. The van der Waals surface area contributed by atoms with Crippen molar-refractivity contribution in [1.82, 2.24) is 0 Å². The fourth-order valence-corrected chi connectivity index (χ4v) is 9.54. The Kier molecular flexibility index (Phi) is 8.08. The van der Waals surface area contributed by atoms with Gasteiger partial charge in [0.1, 0.15) is 11.5 Å². The zero-order valence-corrected chi connectivity index (χ0v) is 32.5. The largest absolute Gasteiger partial charge is 0.456 e. The van der Waals surface area contributed by atoms with E-state index in [1.807, 2.05) is 0 Å². The van der Waals surface area contributed by atoms with E-state index in [0.29, 0.717) is 0 Å². The van der Waals surface area contributed by atoms with Crippen molar-refractivity contribution < 1.29 is 4.74 Å². The van der Waals surface area contributed by atoms with Crippen molar-refractivity contribution in [3.63, 3.8) is 0 Å². The highest BCUT2D eigenvalue weighted by Crippen LogP contribution is 2.51. The van der Waals surface area contributed by atoms with E-state index in [1.54, 1.807) is 0 Å². The number of rotatable bonds is 6. The Balaban J connectivity index is 1.22. The third-order valence-corrected chi connectivity index (χ3v) is 11.8. The van der Waals surface area contributed by atoms with Gasteiger partial charge in [0.25, 0.3) is 0 Å². The summed E-state index contributed by atoms with van der Waals surface area (Å²) in [6.07, 6.45) is 0. The Bertz CT molecular complexity index is 2940. The first-order valence-electron chi connectivity index (χ1n) is 19.6. The van der Waals surface area contributed by atoms with Gasteiger partial charge in [-0.25, -0.2) is 0 Å². The molecule has 0 saturated heterocycles. The SMILES string of the molecule is Cc1ccc(B(c2c(C)cc(C)cc2C)c2cc3c4cccc5c4c(cc3c3ccccc23)-c2ccc(N(c3ccccc3)c3ccccc3)cc2O5)c(C)c1. The fraction of sp³-hybridized carbons (Fsp3) is 0.0943. The Labute approximate surface area is 329 Å². The molecule has 10 rings (SSSR count). The van der Waals surface area contributed by atoms with Crippen LogP contribution in [-0.4, -0.2) is 6.71 Å². The zero-order valence-electron chi connectivity index (χ0n) is 32.5. The summed E-state index contributed by atoms with van der Waals surface area (Å²) < 4.78 is 6.91. The normalized spacial score (nSPS) is 11.8. The molecule has 1 aliphatic rings. The van der Waals surface area contributed by atoms with Crippen LogP contribution in [-0.2, 0) is 0 Å². The van der Waals surface area contributed by atoms with Gasteiger partial charge in [-0.1, -0.05) is 153 Å². The first-order valence-corrected chi connectivity index (χ1v) is 19.6.